The van der Waals surface area contributed by atoms with Gasteiger partial charge in [0.25, 0.3) is 5.56 Å². The van der Waals surface area contributed by atoms with Crippen LogP contribution in [-0.2, 0) is 6.54 Å². The van der Waals surface area contributed by atoms with E-state index in [0.717, 1.165) is 22.9 Å². The molecule has 21 heavy (non-hydrogen) atoms. The molecule has 0 N–H and O–H groups in total. The first-order valence-corrected chi connectivity index (χ1v) is 6.12. The van der Waals surface area contributed by atoms with Crippen LogP contribution >= 0.6 is 0 Å². The molecule has 5 nitrogen and oxygen atoms in total. The maximum absolute atomic E-state index is 13.5. The standard InChI is InChI=1S/C14H13F2N3O2/c1-18(2)9-6-13(21)19(17-7-9)8-12(20)14-10(15)4-3-5-11(14)16/h3-7H,8H2,1-2H3. The monoisotopic (exact) mass is 293 g/mol. The Morgan fingerprint density at radius 2 is 1.90 bits per heavy atom. The van der Waals surface area contributed by atoms with Gasteiger partial charge in [-0.05, 0) is 12.1 Å². The van der Waals surface area contributed by atoms with E-state index in [1.165, 1.54) is 12.3 Å². The van der Waals surface area contributed by atoms with E-state index >= 15 is 0 Å². The van der Waals surface area contributed by atoms with Gasteiger partial charge in [-0.2, -0.15) is 5.10 Å². The minimum Gasteiger partial charge on any atom is -0.376 e. The van der Waals surface area contributed by atoms with E-state index in [0.29, 0.717) is 5.69 Å². The zero-order chi connectivity index (χ0) is 15.6. The van der Waals surface area contributed by atoms with E-state index in [-0.39, 0.29) is 0 Å². The molecule has 0 saturated carbocycles. The molecule has 1 aromatic carbocycles. The molecule has 0 saturated heterocycles. The van der Waals surface area contributed by atoms with Crippen LogP contribution in [0.5, 0.6) is 0 Å². The Morgan fingerprint density at radius 3 is 2.43 bits per heavy atom. The minimum atomic E-state index is -0.960. The third-order valence-corrected chi connectivity index (χ3v) is 2.91. The number of carbonyl (C=O) groups excluding carboxylic acids is 1. The molecule has 2 rings (SSSR count). The quantitative estimate of drug-likeness (QED) is 0.801. The van der Waals surface area contributed by atoms with Crippen molar-refractivity contribution < 1.29 is 13.6 Å². The Hall–Kier alpha value is -2.57. The lowest BCUT2D eigenvalue weighted by Gasteiger charge is -2.12. The van der Waals surface area contributed by atoms with E-state index in [1.54, 1.807) is 19.0 Å². The summed E-state index contributed by atoms with van der Waals surface area (Å²) in [5, 5.41) is 3.82. The molecular formula is C14H13F2N3O2. The van der Waals surface area contributed by atoms with Crippen LogP contribution in [0, 0.1) is 11.6 Å². The first kappa shape index (κ1) is 14.8. The van der Waals surface area contributed by atoms with Crippen LogP contribution in [0.4, 0.5) is 14.5 Å². The molecule has 7 heteroatoms. The van der Waals surface area contributed by atoms with E-state index in [4.69, 9.17) is 0 Å². The summed E-state index contributed by atoms with van der Waals surface area (Å²) in [6.45, 7) is -0.523. The number of hydrogen-bond acceptors (Lipinski definition) is 4. The number of anilines is 1. The van der Waals surface area contributed by atoms with Crippen LogP contribution in [-0.4, -0.2) is 29.7 Å². The second kappa shape index (κ2) is 5.82. The van der Waals surface area contributed by atoms with Crippen molar-refractivity contribution in [2.45, 2.75) is 6.54 Å². The van der Waals surface area contributed by atoms with E-state index in [1.807, 2.05) is 0 Å². The number of hydrogen-bond donors (Lipinski definition) is 0. The molecule has 0 atom stereocenters. The fourth-order valence-electron chi connectivity index (χ4n) is 1.77. The van der Waals surface area contributed by atoms with Gasteiger partial charge in [-0.15, -0.1) is 0 Å². The zero-order valence-corrected chi connectivity index (χ0v) is 11.5. The number of benzene rings is 1. The SMILES string of the molecule is CN(C)c1cnn(CC(=O)c2c(F)cccc2F)c(=O)c1. The highest BCUT2D eigenvalue weighted by atomic mass is 19.1. The summed E-state index contributed by atoms with van der Waals surface area (Å²) in [6.07, 6.45) is 1.40. The topological polar surface area (TPSA) is 55.2 Å². The van der Waals surface area contributed by atoms with Crippen LogP contribution in [0.15, 0.2) is 35.3 Å². The lowest BCUT2D eigenvalue weighted by molar-refractivity contribution is 0.0957. The van der Waals surface area contributed by atoms with Crippen molar-refractivity contribution in [2.24, 2.45) is 0 Å². The summed E-state index contributed by atoms with van der Waals surface area (Å²) < 4.78 is 27.9. The Kier molecular flexibility index (Phi) is 4.11. The lowest BCUT2D eigenvalue weighted by atomic mass is 10.1. The predicted molar refractivity (Wildman–Crippen MR) is 73.5 cm³/mol. The van der Waals surface area contributed by atoms with Crippen molar-refractivity contribution in [1.29, 1.82) is 0 Å². The number of rotatable bonds is 4. The maximum Gasteiger partial charge on any atom is 0.269 e. The Balaban J connectivity index is 2.30. The van der Waals surface area contributed by atoms with E-state index in [2.05, 4.69) is 5.10 Å². The van der Waals surface area contributed by atoms with Crippen LogP contribution < -0.4 is 10.5 Å². The molecule has 0 unspecified atom stereocenters. The van der Waals surface area contributed by atoms with Gasteiger partial charge in [-0.1, -0.05) is 6.07 Å². The van der Waals surface area contributed by atoms with Crippen molar-refractivity contribution >= 4 is 11.5 Å². The number of aromatic nitrogens is 2. The van der Waals surface area contributed by atoms with Crippen LogP contribution in [0.25, 0.3) is 0 Å². The van der Waals surface area contributed by atoms with Crippen LogP contribution in [0.3, 0.4) is 0 Å². The summed E-state index contributed by atoms with van der Waals surface area (Å²) >= 11 is 0. The van der Waals surface area contributed by atoms with Gasteiger partial charge in [0.1, 0.15) is 18.2 Å². The molecule has 0 aliphatic rings. The average molecular weight is 293 g/mol. The fourth-order valence-corrected chi connectivity index (χ4v) is 1.77. The van der Waals surface area contributed by atoms with Gasteiger partial charge in [0.05, 0.1) is 17.4 Å². The molecular weight excluding hydrogens is 280 g/mol. The number of Topliss-reactive ketones (excluding diaryl/α,β-unsaturated/α-hetero) is 1. The average Bonchev–Trinajstić information content (AvgIpc) is 2.40. The van der Waals surface area contributed by atoms with E-state index < -0.39 is 35.1 Å². The summed E-state index contributed by atoms with van der Waals surface area (Å²) in [5.74, 6) is -2.77. The minimum absolute atomic E-state index is 0.522. The van der Waals surface area contributed by atoms with Gasteiger partial charge < -0.3 is 4.90 Å². The summed E-state index contributed by atoms with van der Waals surface area (Å²) in [4.78, 5) is 25.4. The lowest BCUT2D eigenvalue weighted by Crippen LogP contribution is -2.28. The molecule has 0 aliphatic carbocycles. The third-order valence-electron chi connectivity index (χ3n) is 2.91. The highest BCUT2D eigenvalue weighted by molar-refractivity contribution is 5.96. The first-order valence-electron chi connectivity index (χ1n) is 6.12. The van der Waals surface area contributed by atoms with Crippen molar-refractivity contribution in [2.75, 3.05) is 19.0 Å². The summed E-state index contributed by atoms with van der Waals surface area (Å²) in [5.41, 5.74) is -0.616. The van der Waals surface area contributed by atoms with Gasteiger partial charge in [0.15, 0.2) is 5.78 Å². The van der Waals surface area contributed by atoms with Crippen molar-refractivity contribution in [1.82, 2.24) is 9.78 Å². The van der Waals surface area contributed by atoms with Crippen molar-refractivity contribution in [3.8, 4) is 0 Å². The third kappa shape index (κ3) is 3.13. The molecule has 0 fully saturated rings. The molecule has 1 aromatic heterocycles. The number of ketones is 1. The Labute approximate surface area is 119 Å². The first-order chi connectivity index (χ1) is 9.90. The maximum atomic E-state index is 13.5. The fraction of sp³-hybridized carbons (Fsp3) is 0.214. The number of carbonyl (C=O) groups is 1. The highest BCUT2D eigenvalue weighted by Crippen LogP contribution is 2.13. The number of halogens is 2. The molecule has 110 valence electrons. The Bertz CT molecular complexity index is 721. The second-order valence-corrected chi connectivity index (χ2v) is 4.62. The van der Waals surface area contributed by atoms with Crippen molar-refractivity contribution in [3.05, 3.63) is 58.0 Å². The van der Waals surface area contributed by atoms with E-state index in [9.17, 15) is 18.4 Å². The Morgan fingerprint density at radius 1 is 1.29 bits per heavy atom. The van der Waals surface area contributed by atoms with Gasteiger partial charge in [0, 0.05) is 20.2 Å². The second-order valence-electron chi connectivity index (χ2n) is 4.62. The van der Waals surface area contributed by atoms with Crippen LogP contribution in [0.2, 0.25) is 0 Å². The predicted octanol–water partition coefficient (Wildman–Crippen LogP) is 1.47. The molecule has 0 radical (unpaired) electrons. The normalized spacial score (nSPS) is 10.5. The van der Waals surface area contributed by atoms with Gasteiger partial charge >= 0.3 is 0 Å². The largest absolute Gasteiger partial charge is 0.376 e. The molecule has 1 heterocycles. The molecule has 0 spiro atoms. The molecule has 2 aromatic rings. The number of nitrogens with zero attached hydrogens (tertiary/aromatic N) is 3. The van der Waals surface area contributed by atoms with Crippen molar-refractivity contribution in [3.63, 3.8) is 0 Å². The van der Waals surface area contributed by atoms with Gasteiger partial charge in [-0.3, -0.25) is 9.59 Å². The molecule has 0 amide bonds. The highest BCUT2D eigenvalue weighted by Gasteiger charge is 2.18. The summed E-state index contributed by atoms with van der Waals surface area (Å²) in [6, 6.07) is 4.43. The summed E-state index contributed by atoms with van der Waals surface area (Å²) in [7, 11) is 3.47. The van der Waals surface area contributed by atoms with Gasteiger partial charge in [-0.25, -0.2) is 13.5 Å². The molecule has 0 aliphatic heterocycles. The zero-order valence-electron chi connectivity index (χ0n) is 11.5. The smallest absolute Gasteiger partial charge is 0.269 e. The molecule has 0 bridgehead atoms. The van der Waals surface area contributed by atoms with Crippen LogP contribution in [0.1, 0.15) is 10.4 Å². The van der Waals surface area contributed by atoms with Gasteiger partial charge in [0.2, 0.25) is 0 Å².